The van der Waals surface area contributed by atoms with Crippen molar-refractivity contribution in [2.24, 2.45) is 0 Å². The topological polar surface area (TPSA) is 18.5 Å². The quantitative estimate of drug-likeness (QED) is 0.610. The predicted octanol–water partition coefficient (Wildman–Crippen LogP) is 2.29. The summed E-state index contributed by atoms with van der Waals surface area (Å²) in [6.45, 7) is 0. The molecule has 2 rings (SSSR count). The first-order chi connectivity index (χ1) is 6.36. The van der Waals surface area contributed by atoms with E-state index in [1.54, 1.807) is 11.1 Å². The smallest absolute Gasteiger partial charge is 0.0812 e. The van der Waals surface area contributed by atoms with Crippen LogP contribution >= 0.6 is 0 Å². The van der Waals surface area contributed by atoms with Gasteiger partial charge in [-0.3, -0.25) is 0 Å². The maximum absolute atomic E-state index is 5.47. The van der Waals surface area contributed by atoms with Crippen LogP contribution in [0.15, 0.2) is 11.1 Å². The molecule has 2 atom stereocenters. The monoisotopic (exact) mass is 182 g/mol. The largest absolute Gasteiger partial charge is 0.377 e. The zero-order chi connectivity index (χ0) is 9.26. The van der Waals surface area contributed by atoms with Crippen molar-refractivity contribution in [3.8, 4) is 0 Å². The molecule has 0 N–H and O–H groups in total. The minimum absolute atomic E-state index is 0.347. The first-order valence-electron chi connectivity index (χ1n) is 5.14. The molecule has 0 radical (unpaired) electrons. The van der Waals surface area contributed by atoms with Crippen LogP contribution < -0.4 is 0 Å². The summed E-state index contributed by atoms with van der Waals surface area (Å²) in [7, 11) is 3.61. The molecule has 0 heterocycles. The average Bonchev–Trinajstić information content (AvgIpc) is 2.56. The Labute approximate surface area is 79.9 Å². The van der Waals surface area contributed by atoms with Gasteiger partial charge < -0.3 is 9.47 Å². The lowest BCUT2D eigenvalue weighted by atomic mass is 9.92. The minimum Gasteiger partial charge on any atom is -0.377 e. The first kappa shape index (κ1) is 9.22. The van der Waals surface area contributed by atoms with E-state index in [1.807, 2.05) is 14.2 Å². The van der Waals surface area contributed by atoms with Crippen molar-refractivity contribution in [1.29, 1.82) is 0 Å². The third-order valence-corrected chi connectivity index (χ3v) is 3.33. The maximum Gasteiger partial charge on any atom is 0.0812 e. The van der Waals surface area contributed by atoms with Gasteiger partial charge in [0, 0.05) is 20.6 Å². The van der Waals surface area contributed by atoms with E-state index in [9.17, 15) is 0 Å². The fourth-order valence-corrected chi connectivity index (χ4v) is 2.64. The zero-order valence-corrected chi connectivity index (χ0v) is 8.51. The molecule has 0 bridgehead atoms. The van der Waals surface area contributed by atoms with Crippen LogP contribution in [-0.2, 0) is 9.47 Å². The fraction of sp³-hybridized carbons (Fsp3) is 0.818. The van der Waals surface area contributed by atoms with Crippen LogP contribution in [0.2, 0.25) is 0 Å². The number of rotatable bonds is 2. The second kappa shape index (κ2) is 3.81. The van der Waals surface area contributed by atoms with Crippen LogP contribution in [0, 0.1) is 0 Å². The summed E-state index contributed by atoms with van der Waals surface area (Å²) in [4.78, 5) is 0. The lowest BCUT2D eigenvalue weighted by molar-refractivity contribution is 0.0734. The average molecular weight is 182 g/mol. The van der Waals surface area contributed by atoms with Crippen LogP contribution in [-0.4, -0.2) is 26.4 Å². The van der Waals surface area contributed by atoms with E-state index in [1.165, 1.54) is 25.7 Å². The molecule has 0 aliphatic heterocycles. The molecule has 0 spiro atoms. The SMILES string of the molecule is CO[C@H]1C[C@H](OC)C2=C1CCCC2. The van der Waals surface area contributed by atoms with Gasteiger partial charge in [-0.2, -0.15) is 0 Å². The highest BCUT2D eigenvalue weighted by molar-refractivity contribution is 5.30. The highest BCUT2D eigenvalue weighted by Gasteiger charge is 2.34. The molecule has 0 aromatic carbocycles. The van der Waals surface area contributed by atoms with Gasteiger partial charge in [-0.25, -0.2) is 0 Å². The van der Waals surface area contributed by atoms with Gasteiger partial charge in [-0.15, -0.1) is 0 Å². The predicted molar refractivity (Wildman–Crippen MR) is 51.7 cm³/mol. The van der Waals surface area contributed by atoms with E-state index >= 15 is 0 Å². The number of methoxy groups -OCH3 is 2. The molecule has 13 heavy (non-hydrogen) atoms. The Balaban J connectivity index is 2.20. The van der Waals surface area contributed by atoms with E-state index in [0.717, 1.165) is 6.42 Å². The Hall–Kier alpha value is -0.340. The summed E-state index contributed by atoms with van der Waals surface area (Å²) in [6.07, 6.45) is 6.85. The molecule has 0 aromatic rings. The summed E-state index contributed by atoms with van der Waals surface area (Å²) in [5.41, 5.74) is 3.08. The molecule has 0 saturated carbocycles. The molecule has 2 nitrogen and oxygen atoms in total. The van der Waals surface area contributed by atoms with Crippen LogP contribution in [0.5, 0.6) is 0 Å². The van der Waals surface area contributed by atoms with Crippen molar-refractivity contribution < 1.29 is 9.47 Å². The Kier molecular flexibility index (Phi) is 2.70. The van der Waals surface area contributed by atoms with Gasteiger partial charge in [0.25, 0.3) is 0 Å². The Bertz CT molecular complexity index is 198. The van der Waals surface area contributed by atoms with Gasteiger partial charge in [0.15, 0.2) is 0 Å². The van der Waals surface area contributed by atoms with Crippen LogP contribution in [0.4, 0.5) is 0 Å². The van der Waals surface area contributed by atoms with E-state index in [-0.39, 0.29) is 0 Å². The molecule has 0 amide bonds. The van der Waals surface area contributed by atoms with Crippen molar-refractivity contribution in [3.05, 3.63) is 11.1 Å². The summed E-state index contributed by atoms with van der Waals surface area (Å²) in [5, 5.41) is 0. The van der Waals surface area contributed by atoms with E-state index in [4.69, 9.17) is 9.47 Å². The number of hydrogen-bond donors (Lipinski definition) is 0. The zero-order valence-electron chi connectivity index (χ0n) is 8.51. The molecule has 0 fully saturated rings. The second-order valence-electron chi connectivity index (χ2n) is 3.94. The number of hydrogen-bond acceptors (Lipinski definition) is 2. The van der Waals surface area contributed by atoms with E-state index in [2.05, 4.69) is 0 Å². The summed E-state index contributed by atoms with van der Waals surface area (Å²) < 4.78 is 10.9. The van der Waals surface area contributed by atoms with E-state index < -0.39 is 0 Å². The van der Waals surface area contributed by atoms with Gasteiger partial charge in [-0.1, -0.05) is 0 Å². The molecule has 0 unspecified atom stereocenters. The molecule has 2 aliphatic carbocycles. The van der Waals surface area contributed by atoms with Gasteiger partial charge in [0.05, 0.1) is 12.2 Å². The molecule has 0 saturated heterocycles. The first-order valence-corrected chi connectivity index (χ1v) is 5.14. The van der Waals surface area contributed by atoms with Crippen molar-refractivity contribution in [2.75, 3.05) is 14.2 Å². The van der Waals surface area contributed by atoms with Crippen LogP contribution in [0.1, 0.15) is 32.1 Å². The number of ether oxygens (including phenoxy) is 2. The Morgan fingerprint density at radius 3 is 1.77 bits per heavy atom. The standard InChI is InChI=1S/C11H18O2/c1-12-10-7-11(13-2)9-6-4-3-5-8(9)10/h10-11H,3-7H2,1-2H3/t10-,11-/m0/s1. The van der Waals surface area contributed by atoms with Gasteiger partial charge in [0.1, 0.15) is 0 Å². The molecule has 2 aliphatic rings. The summed E-state index contributed by atoms with van der Waals surface area (Å²) >= 11 is 0. The van der Waals surface area contributed by atoms with Gasteiger partial charge in [0.2, 0.25) is 0 Å². The highest BCUT2D eigenvalue weighted by Crippen LogP contribution is 2.39. The van der Waals surface area contributed by atoms with Gasteiger partial charge in [-0.05, 0) is 36.8 Å². The van der Waals surface area contributed by atoms with Crippen molar-refractivity contribution >= 4 is 0 Å². The van der Waals surface area contributed by atoms with Crippen molar-refractivity contribution in [3.63, 3.8) is 0 Å². The van der Waals surface area contributed by atoms with Crippen LogP contribution in [0.3, 0.4) is 0 Å². The second-order valence-corrected chi connectivity index (χ2v) is 3.94. The highest BCUT2D eigenvalue weighted by atomic mass is 16.5. The molecule has 74 valence electrons. The van der Waals surface area contributed by atoms with Crippen molar-refractivity contribution in [1.82, 2.24) is 0 Å². The Morgan fingerprint density at radius 2 is 1.38 bits per heavy atom. The lowest BCUT2D eigenvalue weighted by Gasteiger charge is -2.18. The Morgan fingerprint density at radius 1 is 0.923 bits per heavy atom. The maximum atomic E-state index is 5.47. The molecule has 0 aromatic heterocycles. The fourth-order valence-electron chi connectivity index (χ4n) is 2.64. The molecule has 2 heteroatoms. The normalized spacial score (nSPS) is 33.7. The summed E-state index contributed by atoms with van der Waals surface area (Å²) in [5.74, 6) is 0. The van der Waals surface area contributed by atoms with Crippen molar-refractivity contribution in [2.45, 2.75) is 44.3 Å². The van der Waals surface area contributed by atoms with Gasteiger partial charge >= 0.3 is 0 Å². The van der Waals surface area contributed by atoms with E-state index in [0.29, 0.717) is 12.2 Å². The summed E-state index contributed by atoms with van der Waals surface area (Å²) in [6, 6.07) is 0. The lowest BCUT2D eigenvalue weighted by Crippen LogP contribution is -2.13. The molecular weight excluding hydrogens is 164 g/mol. The molecular formula is C11H18O2. The van der Waals surface area contributed by atoms with Crippen LogP contribution in [0.25, 0.3) is 0 Å². The minimum atomic E-state index is 0.347. The third kappa shape index (κ3) is 1.53. The third-order valence-electron chi connectivity index (χ3n) is 3.33.